The van der Waals surface area contributed by atoms with Gasteiger partial charge in [0.05, 0.1) is 18.6 Å². The van der Waals surface area contributed by atoms with E-state index in [1.54, 1.807) is 30.5 Å². The van der Waals surface area contributed by atoms with Gasteiger partial charge in [0.15, 0.2) is 5.16 Å². The van der Waals surface area contributed by atoms with E-state index in [0.717, 1.165) is 37.6 Å². The molecule has 1 fully saturated rings. The van der Waals surface area contributed by atoms with Crippen LogP contribution in [0.2, 0.25) is 0 Å². The zero-order chi connectivity index (χ0) is 21.5. The first-order chi connectivity index (χ1) is 15.2. The number of hydrogen-bond acceptors (Lipinski definition) is 7. The molecule has 0 radical (unpaired) electrons. The molecule has 10 heteroatoms. The number of nitrogens with one attached hydrogen (secondary N) is 2. The van der Waals surface area contributed by atoms with Gasteiger partial charge >= 0.3 is 0 Å². The largest absolute Gasteiger partial charge is 0.467 e. The van der Waals surface area contributed by atoms with Crippen LogP contribution in [0, 0.1) is 0 Å². The lowest BCUT2D eigenvalue weighted by Gasteiger charge is -2.27. The molecule has 1 saturated heterocycles. The van der Waals surface area contributed by atoms with Crippen molar-refractivity contribution in [2.24, 2.45) is 0 Å². The highest BCUT2D eigenvalue weighted by molar-refractivity contribution is 7.99. The number of aromatic nitrogens is 3. The van der Waals surface area contributed by atoms with Gasteiger partial charge in [-0.15, -0.1) is 10.2 Å². The van der Waals surface area contributed by atoms with Crippen LogP contribution in [0.3, 0.4) is 0 Å². The van der Waals surface area contributed by atoms with E-state index in [9.17, 15) is 9.59 Å². The monoisotopic (exact) mass is 440 g/mol. The molecule has 9 nitrogen and oxygen atoms in total. The summed E-state index contributed by atoms with van der Waals surface area (Å²) >= 11 is 1.27. The summed E-state index contributed by atoms with van der Waals surface area (Å²) in [6.45, 7) is 2.36. The molecule has 2 N–H and O–H groups in total. The van der Waals surface area contributed by atoms with Gasteiger partial charge in [0.2, 0.25) is 11.9 Å². The number of nitrogens with zero attached hydrogens (tertiary/aromatic N) is 4. The molecule has 0 aliphatic carbocycles. The van der Waals surface area contributed by atoms with E-state index in [2.05, 4.69) is 25.9 Å². The summed E-state index contributed by atoms with van der Waals surface area (Å²) in [5.41, 5.74) is 5.34. The number of piperidine rings is 1. The number of carbonyl (C=O) groups is 2. The Morgan fingerprint density at radius 3 is 2.55 bits per heavy atom. The Balaban J connectivity index is 1.38. The molecule has 3 aromatic rings. The fraction of sp³-hybridized carbons (Fsp3) is 0.333. The van der Waals surface area contributed by atoms with Gasteiger partial charge in [-0.1, -0.05) is 30.0 Å². The van der Waals surface area contributed by atoms with Crippen LogP contribution in [0.4, 0.5) is 5.95 Å². The second-order valence-electron chi connectivity index (χ2n) is 7.15. The third kappa shape index (κ3) is 5.46. The molecular formula is C21H24N6O3S. The molecule has 1 aromatic carbocycles. The maximum absolute atomic E-state index is 12.3. The molecule has 1 aliphatic heterocycles. The average Bonchev–Trinajstić information content (AvgIpc) is 3.47. The molecule has 0 spiro atoms. The predicted octanol–water partition coefficient (Wildman–Crippen LogP) is 2.46. The lowest BCUT2D eigenvalue weighted by atomic mass is 10.1. The van der Waals surface area contributed by atoms with Crippen LogP contribution in [-0.2, 0) is 11.3 Å². The SMILES string of the molecule is O=C(CSc1nnc(N2CCCCC2)n1Cc1ccco1)NNC(=O)c1ccccc1. The van der Waals surface area contributed by atoms with Crippen LogP contribution in [-0.4, -0.2) is 45.4 Å². The number of rotatable bonds is 7. The molecule has 0 bridgehead atoms. The van der Waals surface area contributed by atoms with Crippen LogP contribution < -0.4 is 15.8 Å². The number of amides is 2. The van der Waals surface area contributed by atoms with Crippen molar-refractivity contribution in [3.05, 3.63) is 60.1 Å². The maximum Gasteiger partial charge on any atom is 0.269 e. The maximum atomic E-state index is 12.3. The molecule has 2 aromatic heterocycles. The van der Waals surface area contributed by atoms with Crippen LogP contribution in [0.5, 0.6) is 0 Å². The quantitative estimate of drug-likeness (QED) is 0.429. The third-order valence-corrected chi connectivity index (χ3v) is 5.88. The summed E-state index contributed by atoms with van der Waals surface area (Å²) in [6.07, 6.45) is 5.11. The number of anilines is 1. The molecular weight excluding hydrogens is 416 g/mol. The van der Waals surface area contributed by atoms with Gasteiger partial charge in [-0.3, -0.25) is 25.0 Å². The summed E-state index contributed by atoms with van der Waals surface area (Å²) in [7, 11) is 0. The minimum absolute atomic E-state index is 0.0886. The van der Waals surface area contributed by atoms with Gasteiger partial charge < -0.3 is 9.32 Å². The zero-order valence-electron chi connectivity index (χ0n) is 17.0. The van der Waals surface area contributed by atoms with E-state index in [0.29, 0.717) is 17.3 Å². The Labute approximate surface area is 184 Å². The van der Waals surface area contributed by atoms with Crippen molar-refractivity contribution in [3.63, 3.8) is 0 Å². The Bertz CT molecular complexity index is 1000. The van der Waals surface area contributed by atoms with E-state index in [1.807, 2.05) is 22.8 Å². The van der Waals surface area contributed by atoms with E-state index >= 15 is 0 Å². The van der Waals surface area contributed by atoms with Crippen molar-refractivity contribution in [2.75, 3.05) is 23.7 Å². The van der Waals surface area contributed by atoms with Gasteiger partial charge in [0.25, 0.3) is 5.91 Å². The fourth-order valence-electron chi connectivity index (χ4n) is 3.37. The number of thioether (sulfide) groups is 1. The highest BCUT2D eigenvalue weighted by Gasteiger charge is 2.21. The number of hydrogen-bond donors (Lipinski definition) is 2. The first-order valence-electron chi connectivity index (χ1n) is 10.2. The minimum atomic E-state index is -0.368. The van der Waals surface area contributed by atoms with Crippen LogP contribution >= 0.6 is 11.8 Å². The molecule has 31 heavy (non-hydrogen) atoms. The van der Waals surface area contributed by atoms with Gasteiger partial charge in [-0.2, -0.15) is 0 Å². The van der Waals surface area contributed by atoms with Crippen molar-refractivity contribution in [1.29, 1.82) is 0 Å². The Hall–Kier alpha value is -3.27. The predicted molar refractivity (Wildman–Crippen MR) is 117 cm³/mol. The van der Waals surface area contributed by atoms with Gasteiger partial charge in [0.1, 0.15) is 5.76 Å². The molecule has 1 aliphatic rings. The second kappa shape index (κ2) is 10.2. The zero-order valence-corrected chi connectivity index (χ0v) is 17.8. The highest BCUT2D eigenvalue weighted by atomic mass is 32.2. The standard InChI is InChI=1S/C21H24N6O3S/c28-18(22-23-19(29)16-8-3-1-4-9-16)15-31-21-25-24-20(26-11-5-2-6-12-26)27(21)14-17-10-7-13-30-17/h1,3-4,7-10,13H,2,5-6,11-12,14-15H2,(H,22,28)(H,23,29). The smallest absolute Gasteiger partial charge is 0.269 e. The molecule has 3 heterocycles. The lowest BCUT2D eigenvalue weighted by molar-refractivity contribution is -0.119. The minimum Gasteiger partial charge on any atom is -0.467 e. The van der Waals surface area contributed by atoms with Crippen LogP contribution in [0.15, 0.2) is 58.3 Å². The number of furan rings is 1. The van der Waals surface area contributed by atoms with E-state index in [-0.39, 0.29) is 17.6 Å². The summed E-state index contributed by atoms with van der Waals surface area (Å²) in [5, 5.41) is 9.33. The first-order valence-corrected chi connectivity index (χ1v) is 11.2. The molecule has 0 saturated carbocycles. The van der Waals surface area contributed by atoms with E-state index in [4.69, 9.17) is 4.42 Å². The van der Waals surface area contributed by atoms with Gasteiger partial charge in [0, 0.05) is 18.7 Å². The summed E-state index contributed by atoms with van der Waals surface area (Å²) in [6, 6.07) is 12.4. The summed E-state index contributed by atoms with van der Waals surface area (Å²) in [4.78, 5) is 26.5. The number of hydrazine groups is 1. The van der Waals surface area contributed by atoms with E-state index in [1.165, 1.54) is 18.2 Å². The van der Waals surface area contributed by atoms with Crippen molar-refractivity contribution in [2.45, 2.75) is 31.0 Å². The fourth-order valence-corrected chi connectivity index (χ4v) is 4.10. The van der Waals surface area contributed by atoms with Crippen molar-refractivity contribution in [1.82, 2.24) is 25.6 Å². The topological polar surface area (TPSA) is 105 Å². The molecule has 0 atom stereocenters. The van der Waals surface area contributed by atoms with Crippen LogP contribution in [0.25, 0.3) is 0 Å². The lowest BCUT2D eigenvalue weighted by Crippen LogP contribution is -2.42. The Morgan fingerprint density at radius 2 is 1.81 bits per heavy atom. The third-order valence-electron chi connectivity index (χ3n) is 4.91. The highest BCUT2D eigenvalue weighted by Crippen LogP contribution is 2.25. The second-order valence-corrected chi connectivity index (χ2v) is 8.10. The summed E-state index contributed by atoms with van der Waals surface area (Å²) in [5.74, 6) is 0.968. The molecule has 162 valence electrons. The average molecular weight is 441 g/mol. The van der Waals surface area contributed by atoms with Crippen molar-refractivity contribution < 1.29 is 14.0 Å². The number of carbonyl (C=O) groups excluding carboxylic acids is 2. The Morgan fingerprint density at radius 1 is 1.00 bits per heavy atom. The molecule has 0 unspecified atom stereocenters. The van der Waals surface area contributed by atoms with Crippen molar-refractivity contribution in [3.8, 4) is 0 Å². The van der Waals surface area contributed by atoms with Crippen molar-refractivity contribution >= 4 is 29.5 Å². The van der Waals surface area contributed by atoms with Gasteiger partial charge in [-0.25, -0.2) is 0 Å². The van der Waals surface area contributed by atoms with Crippen LogP contribution in [0.1, 0.15) is 35.4 Å². The van der Waals surface area contributed by atoms with E-state index < -0.39 is 0 Å². The first kappa shape index (κ1) is 21.0. The summed E-state index contributed by atoms with van der Waals surface area (Å²) < 4.78 is 7.48. The Kier molecular flexibility index (Phi) is 6.88. The van der Waals surface area contributed by atoms with Gasteiger partial charge in [-0.05, 0) is 43.5 Å². The molecule has 4 rings (SSSR count). The molecule has 2 amide bonds. The number of benzene rings is 1. The normalized spacial score (nSPS) is 13.7.